The second kappa shape index (κ2) is 10.2. The standard InChI is InChI=1S/C23H27N3O2S/c1-16-6-10-18(11-7-16)21(27)5-3-2-4-17-8-12-19(13-9-17)25-22(28)14-20-15-29-23(24)26-20/h6-13,15,21,27H,2-5,14H2,1H3,(H2,24,26)(H,25,28)/t21-/m0/s1/i2D2,5D2,6D,7D,10D,11D,21D. The number of nitrogens with one attached hydrogen (secondary N) is 1. The van der Waals surface area contributed by atoms with Crippen molar-refractivity contribution >= 4 is 28.1 Å². The van der Waals surface area contributed by atoms with E-state index >= 15 is 0 Å². The highest BCUT2D eigenvalue weighted by Gasteiger charge is 2.08. The molecule has 1 aromatic heterocycles. The van der Waals surface area contributed by atoms with E-state index in [0.29, 0.717) is 22.1 Å². The van der Waals surface area contributed by atoms with Gasteiger partial charge in [-0.2, -0.15) is 0 Å². The van der Waals surface area contributed by atoms with Crippen LogP contribution < -0.4 is 11.1 Å². The quantitative estimate of drug-likeness (QED) is 0.471. The van der Waals surface area contributed by atoms with Crippen molar-refractivity contribution in [3.63, 3.8) is 0 Å². The molecule has 4 N–H and O–H groups in total. The average Bonchev–Trinajstić information content (AvgIpc) is 3.20. The number of aliphatic hydroxyl groups is 1. The predicted octanol–water partition coefficient (Wildman–Crippen LogP) is 4.66. The molecule has 0 aliphatic heterocycles. The minimum absolute atomic E-state index is 0.0112. The zero-order valence-corrected chi connectivity index (χ0v) is 16.6. The van der Waals surface area contributed by atoms with Crippen LogP contribution in [0.4, 0.5) is 10.8 Å². The first-order chi connectivity index (χ1) is 17.4. The Bertz CT molecular complexity index is 1320. The maximum absolute atomic E-state index is 12.2. The summed E-state index contributed by atoms with van der Waals surface area (Å²) >= 11 is 1.23. The number of nitrogens with zero attached hydrogens (tertiary/aromatic N) is 1. The molecule has 0 saturated heterocycles. The van der Waals surface area contributed by atoms with Gasteiger partial charge in [0.1, 0.15) is 0 Å². The van der Waals surface area contributed by atoms with Crippen molar-refractivity contribution in [1.82, 2.24) is 4.98 Å². The van der Waals surface area contributed by atoms with E-state index in [0.717, 1.165) is 0 Å². The van der Waals surface area contributed by atoms with Gasteiger partial charge in [-0.1, -0.05) is 48.3 Å². The number of rotatable bonds is 9. The van der Waals surface area contributed by atoms with Crippen LogP contribution in [0.5, 0.6) is 0 Å². The lowest BCUT2D eigenvalue weighted by atomic mass is 10.0. The van der Waals surface area contributed by atoms with Crippen LogP contribution in [0, 0.1) is 6.92 Å². The Hall–Kier alpha value is -2.70. The molecule has 1 heterocycles. The molecule has 3 aromatic rings. The maximum Gasteiger partial charge on any atom is 0.230 e. The van der Waals surface area contributed by atoms with Crippen molar-refractivity contribution < 1.29 is 22.2 Å². The number of amides is 1. The van der Waals surface area contributed by atoms with Crippen LogP contribution in [-0.2, 0) is 17.6 Å². The lowest BCUT2D eigenvalue weighted by Crippen LogP contribution is -2.14. The molecule has 0 fully saturated rings. The van der Waals surface area contributed by atoms with Gasteiger partial charge in [0.25, 0.3) is 0 Å². The van der Waals surface area contributed by atoms with E-state index in [9.17, 15) is 9.90 Å². The Morgan fingerprint density at radius 3 is 2.72 bits per heavy atom. The van der Waals surface area contributed by atoms with Crippen LogP contribution in [0.1, 0.15) is 60.0 Å². The van der Waals surface area contributed by atoms with Gasteiger partial charge in [0.15, 0.2) is 5.13 Å². The number of benzene rings is 2. The first kappa shape index (κ1) is 12.1. The third-order valence-corrected chi connectivity index (χ3v) is 4.57. The van der Waals surface area contributed by atoms with Crippen LogP contribution in [0.2, 0.25) is 0 Å². The lowest BCUT2D eigenvalue weighted by Gasteiger charge is -2.11. The molecule has 0 spiro atoms. The highest BCUT2D eigenvalue weighted by atomic mass is 32.1. The van der Waals surface area contributed by atoms with Crippen molar-refractivity contribution in [1.29, 1.82) is 0 Å². The first-order valence-electron chi connectivity index (χ1n) is 13.3. The molecule has 0 aliphatic carbocycles. The number of nitrogen functional groups attached to an aromatic ring is 1. The topological polar surface area (TPSA) is 88.2 Å². The largest absolute Gasteiger partial charge is 0.388 e. The van der Waals surface area contributed by atoms with Crippen molar-refractivity contribution in [2.45, 2.75) is 45.0 Å². The van der Waals surface area contributed by atoms with Gasteiger partial charge in [-0.05, 0) is 49.4 Å². The summed E-state index contributed by atoms with van der Waals surface area (Å²) in [7, 11) is 0. The second-order valence-corrected chi connectivity index (χ2v) is 7.12. The van der Waals surface area contributed by atoms with Crippen LogP contribution >= 0.6 is 11.3 Å². The molecule has 152 valence electrons. The molecular weight excluding hydrogens is 382 g/mol. The molecule has 1 amide bonds. The molecule has 0 aliphatic rings. The third-order valence-electron chi connectivity index (χ3n) is 3.85. The average molecular weight is 419 g/mol. The molecule has 0 unspecified atom stereocenters. The summed E-state index contributed by atoms with van der Waals surface area (Å²) in [6.07, 6.45) is -9.74. The molecular formula is C23H27N3O2S. The summed E-state index contributed by atoms with van der Waals surface area (Å²) in [6, 6.07) is 3.72. The molecule has 6 heteroatoms. The summed E-state index contributed by atoms with van der Waals surface area (Å²) in [5.41, 5.74) is 6.16. The van der Waals surface area contributed by atoms with Crippen molar-refractivity contribution in [3.8, 4) is 0 Å². The Morgan fingerprint density at radius 2 is 2.07 bits per heavy atom. The number of anilines is 2. The van der Waals surface area contributed by atoms with E-state index < -0.39 is 55.0 Å². The normalized spacial score (nSPS) is 18.5. The van der Waals surface area contributed by atoms with Crippen LogP contribution in [-0.4, -0.2) is 16.0 Å². The molecule has 0 bridgehead atoms. The number of hydrogen-bond acceptors (Lipinski definition) is 5. The SMILES string of the molecule is [2H]c1c([2H])c([C@@]([2H])(O)C([2H])([2H])CC([2H])([2H])Cc2ccc(NC(=O)Cc3csc(N)n3)cc2)c([2H])c([2H])c1C. The molecule has 29 heavy (non-hydrogen) atoms. The van der Waals surface area contributed by atoms with E-state index in [4.69, 9.17) is 18.1 Å². The summed E-state index contributed by atoms with van der Waals surface area (Å²) in [4.78, 5) is 16.2. The summed E-state index contributed by atoms with van der Waals surface area (Å²) in [6.45, 7) is 1.34. The van der Waals surface area contributed by atoms with E-state index in [1.54, 1.807) is 29.6 Å². The van der Waals surface area contributed by atoms with Crippen molar-refractivity contribution in [3.05, 3.63) is 76.2 Å². The smallest absolute Gasteiger partial charge is 0.230 e. The minimum atomic E-state index is -3.26. The Labute approximate surface area is 188 Å². The fraction of sp³-hybridized carbons (Fsp3) is 0.304. The van der Waals surface area contributed by atoms with Gasteiger partial charge in [0, 0.05) is 16.6 Å². The molecule has 0 radical (unpaired) electrons. The van der Waals surface area contributed by atoms with Crippen LogP contribution in [0.25, 0.3) is 0 Å². The highest BCUT2D eigenvalue weighted by molar-refractivity contribution is 7.13. The Morgan fingerprint density at radius 1 is 1.34 bits per heavy atom. The number of carbonyl (C=O) groups is 1. The predicted molar refractivity (Wildman–Crippen MR) is 119 cm³/mol. The Kier molecular flexibility index (Phi) is 4.25. The zero-order chi connectivity index (χ0) is 28.6. The summed E-state index contributed by atoms with van der Waals surface area (Å²) in [5.74, 6) is -0.313. The number of carbonyl (C=O) groups excluding carboxylic acids is 1. The van der Waals surface area contributed by atoms with E-state index in [-0.39, 0.29) is 24.3 Å². The second-order valence-electron chi connectivity index (χ2n) is 6.23. The van der Waals surface area contributed by atoms with Gasteiger partial charge in [0.05, 0.1) is 25.0 Å². The minimum Gasteiger partial charge on any atom is -0.388 e. The van der Waals surface area contributed by atoms with E-state index in [2.05, 4.69) is 10.3 Å². The van der Waals surface area contributed by atoms with E-state index in [1.165, 1.54) is 18.3 Å². The Balaban J connectivity index is 1.73. The van der Waals surface area contributed by atoms with E-state index in [1.807, 2.05) is 0 Å². The number of aromatic nitrogens is 1. The third kappa shape index (κ3) is 6.69. The van der Waals surface area contributed by atoms with Crippen LogP contribution in [0.3, 0.4) is 0 Å². The van der Waals surface area contributed by atoms with Crippen molar-refractivity contribution in [2.24, 2.45) is 0 Å². The van der Waals surface area contributed by atoms with Gasteiger partial charge < -0.3 is 16.2 Å². The van der Waals surface area contributed by atoms with Gasteiger partial charge in [-0.3, -0.25) is 4.79 Å². The summed E-state index contributed by atoms with van der Waals surface area (Å²) < 4.78 is 73.7. The maximum atomic E-state index is 12.2. The zero-order valence-electron chi connectivity index (χ0n) is 24.8. The van der Waals surface area contributed by atoms with Gasteiger partial charge in [0.2, 0.25) is 5.91 Å². The monoisotopic (exact) mass is 418 g/mol. The fourth-order valence-electron chi connectivity index (χ4n) is 2.41. The number of thiazole rings is 1. The van der Waals surface area contributed by atoms with Crippen LogP contribution in [0.15, 0.2) is 53.8 Å². The number of aryl methyl sites for hydroxylation is 1. The number of hydrogen-bond donors (Lipinski definition) is 3. The van der Waals surface area contributed by atoms with Gasteiger partial charge in [-0.25, -0.2) is 4.98 Å². The van der Waals surface area contributed by atoms with Crippen molar-refractivity contribution in [2.75, 3.05) is 11.1 Å². The molecule has 3 rings (SSSR count). The number of nitrogens with two attached hydrogens (primary N) is 1. The molecule has 5 nitrogen and oxygen atoms in total. The summed E-state index contributed by atoms with van der Waals surface area (Å²) in [5, 5.41) is 15.6. The first-order valence-corrected chi connectivity index (χ1v) is 9.71. The molecule has 2 aromatic carbocycles. The van der Waals surface area contributed by atoms with Gasteiger partial charge in [-0.15, -0.1) is 11.3 Å². The van der Waals surface area contributed by atoms with Gasteiger partial charge >= 0.3 is 0 Å². The molecule has 1 atom stereocenters. The fourth-order valence-corrected chi connectivity index (χ4v) is 2.98. The lowest BCUT2D eigenvalue weighted by molar-refractivity contribution is -0.115. The molecule has 0 saturated carbocycles. The highest BCUT2D eigenvalue weighted by Crippen LogP contribution is 2.21.